The van der Waals surface area contributed by atoms with Gasteiger partial charge in [0, 0.05) is 29.4 Å². The van der Waals surface area contributed by atoms with Gasteiger partial charge in [-0.2, -0.15) is 5.26 Å². The first-order chi connectivity index (χ1) is 14.6. The van der Waals surface area contributed by atoms with Crippen LogP contribution in [0.1, 0.15) is 27.1 Å². The summed E-state index contributed by atoms with van der Waals surface area (Å²) in [6, 6.07) is 20.9. The molecular weight excluding hydrogens is 446 g/mol. The van der Waals surface area contributed by atoms with E-state index in [1.165, 1.54) is 27.8 Å². The van der Waals surface area contributed by atoms with Gasteiger partial charge in [-0.25, -0.2) is 0 Å². The molecule has 2 aromatic carbocycles. The molecule has 2 heterocycles. The van der Waals surface area contributed by atoms with Crippen molar-refractivity contribution in [2.24, 2.45) is 0 Å². The molecule has 0 fully saturated rings. The van der Waals surface area contributed by atoms with Gasteiger partial charge in [-0.05, 0) is 36.6 Å². The maximum absolute atomic E-state index is 12.5. The average Bonchev–Trinajstić information content (AvgIpc) is 3.10. The molecule has 160 valence electrons. The Morgan fingerprint density at radius 1 is 1.19 bits per heavy atom. The lowest BCUT2D eigenvalue weighted by molar-refractivity contribution is -0.113. The van der Waals surface area contributed by atoms with Gasteiger partial charge in [0.05, 0.1) is 11.3 Å². The second-order valence-electron chi connectivity index (χ2n) is 7.42. The number of hydrogen-bond acceptors (Lipinski definition) is 5. The molecule has 0 bridgehead atoms. The van der Waals surface area contributed by atoms with E-state index in [9.17, 15) is 10.1 Å². The predicted octanol–water partition coefficient (Wildman–Crippen LogP) is 5.64. The summed E-state index contributed by atoms with van der Waals surface area (Å²) in [5.41, 5.74) is 4.24. The van der Waals surface area contributed by atoms with Crippen LogP contribution in [-0.4, -0.2) is 23.1 Å². The minimum atomic E-state index is -0.0724. The van der Waals surface area contributed by atoms with Crippen LogP contribution in [0.3, 0.4) is 0 Å². The number of carbonyl (C=O) groups is 1. The maximum Gasteiger partial charge on any atom is 0.235 e. The number of benzene rings is 2. The molecule has 1 aromatic heterocycles. The number of hydrogen-bond donors (Lipinski definition) is 1. The number of thioether (sulfide) groups is 1. The largest absolute Gasteiger partial charge is 0.316 e. The van der Waals surface area contributed by atoms with Crippen molar-refractivity contribution in [3.05, 3.63) is 81.7 Å². The number of thiophene rings is 1. The number of halogens is 1. The lowest BCUT2D eigenvalue weighted by Gasteiger charge is -2.26. The van der Waals surface area contributed by atoms with Crippen molar-refractivity contribution in [2.75, 3.05) is 17.6 Å². The highest BCUT2D eigenvalue weighted by Gasteiger charge is 2.25. The highest BCUT2D eigenvalue weighted by Crippen LogP contribution is 2.37. The van der Waals surface area contributed by atoms with Gasteiger partial charge in [-0.1, -0.05) is 48.0 Å². The third-order valence-corrected chi connectivity index (χ3v) is 7.28. The molecule has 0 atom stereocenters. The topological polar surface area (TPSA) is 56.1 Å². The van der Waals surface area contributed by atoms with Crippen LogP contribution in [0.5, 0.6) is 0 Å². The number of carbonyl (C=O) groups excluding carboxylic acids is 1. The van der Waals surface area contributed by atoms with Crippen LogP contribution in [0.4, 0.5) is 5.00 Å². The van der Waals surface area contributed by atoms with Crippen molar-refractivity contribution in [3.8, 4) is 6.07 Å². The zero-order valence-corrected chi connectivity index (χ0v) is 19.7. The van der Waals surface area contributed by atoms with E-state index in [2.05, 4.69) is 40.6 Å². The summed E-state index contributed by atoms with van der Waals surface area (Å²) in [5.74, 6) is 0.258. The fourth-order valence-electron chi connectivity index (χ4n) is 3.59. The van der Waals surface area contributed by atoms with Crippen LogP contribution in [0.15, 0.2) is 59.5 Å². The van der Waals surface area contributed by atoms with Crippen LogP contribution < -0.4 is 5.32 Å². The van der Waals surface area contributed by atoms with Crippen molar-refractivity contribution in [3.63, 3.8) is 0 Å². The number of anilines is 1. The Labute approximate surface area is 197 Å². The Bertz CT molecular complexity index is 1070. The van der Waals surface area contributed by atoms with E-state index < -0.39 is 0 Å². The van der Waals surface area contributed by atoms with Crippen molar-refractivity contribution in [1.82, 2.24) is 4.90 Å². The van der Waals surface area contributed by atoms with E-state index in [-0.39, 0.29) is 18.3 Å². The Hall–Kier alpha value is -2.30. The standard InChI is InChI=1S/C24H23N3OS2.ClH/c1-17-7-9-19(10-8-17)29-16-23(28)26-24-21(13-25)20-11-12-27(15-22(20)30-24)14-18-5-3-2-4-6-18;/h2-10H,11-12,14-16H2,1H3,(H,26,28);1H. The fraction of sp³-hybridized carbons (Fsp3) is 0.250. The summed E-state index contributed by atoms with van der Waals surface area (Å²) >= 11 is 3.06. The molecule has 0 aliphatic carbocycles. The third-order valence-electron chi connectivity index (χ3n) is 5.14. The Morgan fingerprint density at radius 2 is 1.94 bits per heavy atom. The molecule has 1 aliphatic heterocycles. The van der Waals surface area contributed by atoms with Gasteiger partial charge < -0.3 is 5.32 Å². The first-order valence-corrected chi connectivity index (χ1v) is 11.7. The van der Waals surface area contributed by atoms with E-state index in [0.29, 0.717) is 16.3 Å². The summed E-state index contributed by atoms with van der Waals surface area (Å²) in [6.45, 7) is 4.68. The molecule has 0 saturated carbocycles. The summed E-state index contributed by atoms with van der Waals surface area (Å²) in [4.78, 5) is 17.1. The summed E-state index contributed by atoms with van der Waals surface area (Å²) in [5, 5.41) is 13.4. The monoisotopic (exact) mass is 469 g/mol. The minimum absolute atomic E-state index is 0. The number of fused-ring (bicyclic) bond motifs is 1. The lowest BCUT2D eigenvalue weighted by atomic mass is 10.0. The Kier molecular flexibility index (Phi) is 8.16. The SMILES string of the molecule is Cc1ccc(SCC(=O)Nc2sc3c(c2C#N)CCN(Cc2ccccc2)C3)cc1.Cl. The molecule has 4 rings (SSSR count). The number of amides is 1. The zero-order chi connectivity index (χ0) is 20.9. The predicted molar refractivity (Wildman–Crippen MR) is 131 cm³/mol. The van der Waals surface area contributed by atoms with E-state index in [1.807, 2.05) is 37.3 Å². The van der Waals surface area contributed by atoms with Crippen LogP contribution in [0.25, 0.3) is 0 Å². The smallest absolute Gasteiger partial charge is 0.235 e. The van der Waals surface area contributed by atoms with Crippen LogP contribution in [-0.2, 0) is 24.3 Å². The first-order valence-electron chi connectivity index (χ1n) is 9.92. The number of nitrogens with zero attached hydrogens (tertiary/aromatic N) is 2. The molecule has 0 saturated heterocycles. The van der Waals surface area contributed by atoms with Crippen LogP contribution in [0.2, 0.25) is 0 Å². The van der Waals surface area contributed by atoms with E-state index >= 15 is 0 Å². The van der Waals surface area contributed by atoms with Gasteiger partial charge in [0.1, 0.15) is 11.1 Å². The summed E-state index contributed by atoms with van der Waals surface area (Å²) in [7, 11) is 0. The number of aryl methyl sites for hydroxylation is 1. The van der Waals surface area contributed by atoms with Crippen molar-refractivity contribution < 1.29 is 4.79 Å². The molecule has 1 N–H and O–H groups in total. The second-order valence-corrected chi connectivity index (χ2v) is 9.57. The fourth-order valence-corrected chi connectivity index (χ4v) is 5.54. The van der Waals surface area contributed by atoms with Crippen molar-refractivity contribution in [1.29, 1.82) is 5.26 Å². The Balaban J connectivity index is 0.00000272. The molecule has 31 heavy (non-hydrogen) atoms. The molecule has 0 unspecified atom stereocenters. The van der Waals surface area contributed by atoms with Gasteiger partial charge in [-0.15, -0.1) is 35.5 Å². The molecule has 4 nitrogen and oxygen atoms in total. The van der Waals surface area contributed by atoms with Crippen molar-refractivity contribution >= 4 is 46.4 Å². The van der Waals surface area contributed by atoms with Crippen molar-refractivity contribution in [2.45, 2.75) is 31.3 Å². The van der Waals surface area contributed by atoms with Crippen LogP contribution in [0, 0.1) is 18.3 Å². The molecule has 3 aromatic rings. The van der Waals surface area contributed by atoms with E-state index in [1.54, 1.807) is 11.3 Å². The lowest BCUT2D eigenvalue weighted by Crippen LogP contribution is -2.29. The molecule has 0 radical (unpaired) electrons. The summed E-state index contributed by atoms with van der Waals surface area (Å²) < 4.78 is 0. The Morgan fingerprint density at radius 3 is 2.65 bits per heavy atom. The summed E-state index contributed by atoms with van der Waals surface area (Å²) in [6.07, 6.45) is 0.843. The average molecular weight is 470 g/mol. The normalized spacial score (nSPS) is 13.0. The van der Waals surface area contributed by atoms with E-state index in [0.717, 1.165) is 36.5 Å². The molecular formula is C24H24ClN3OS2. The highest BCUT2D eigenvalue weighted by atomic mass is 35.5. The van der Waals surface area contributed by atoms with E-state index in [4.69, 9.17) is 0 Å². The second kappa shape index (κ2) is 10.8. The number of nitrogens with one attached hydrogen (secondary N) is 1. The number of rotatable bonds is 6. The third kappa shape index (κ3) is 5.90. The molecule has 0 spiro atoms. The quantitative estimate of drug-likeness (QED) is 0.474. The minimum Gasteiger partial charge on any atom is -0.316 e. The molecule has 1 amide bonds. The zero-order valence-electron chi connectivity index (χ0n) is 17.3. The molecule has 7 heteroatoms. The van der Waals surface area contributed by atoms with Gasteiger partial charge >= 0.3 is 0 Å². The van der Waals surface area contributed by atoms with Crippen LogP contribution >= 0.6 is 35.5 Å². The highest BCUT2D eigenvalue weighted by molar-refractivity contribution is 8.00. The van der Waals surface area contributed by atoms with Gasteiger partial charge in [0.25, 0.3) is 0 Å². The van der Waals surface area contributed by atoms with Gasteiger partial charge in [-0.3, -0.25) is 9.69 Å². The first kappa shape index (κ1) is 23.4. The molecule has 1 aliphatic rings. The maximum atomic E-state index is 12.5. The van der Waals surface area contributed by atoms with Gasteiger partial charge in [0.15, 0.2) is 0 Å². The van der Waals surface area contributed by atoms with Gasteiger partial charge in [0.2, 0.25) is 5.91 Å². The number of nitriles is 1.